The Bertz CT molecular complexity index is 3330. The summed E-state index contributed by atoms with van der Waals surface area (Å²) in [5.41, 5.74) is 17.1. The van der Waals surface area contributed by atoms with Gasteiger partial charge in [-0.2, -0.15) is 0 Å². The molecule has 0 aliphatic rings. The number of pyridine rings is 1. The van der Waals surface area contributed by atoms with E-state index in [0.717, 1.165) is 83.4 Å². The number of hydrogen-bond donors (Lipinski definition) is 0. The van der Waals surface area contributed by atoms with E-state index in [4.69, 9.17) is 15.0 Å². The van der Waals surface area contributed by atoms with E-state index in [-0.39, 0.29) is 37.3 Å². The maximum Gasteiger partial charge on any atom is 2.00 e. The van der Waals surface area contributed by atoms with Gasteiger partial charge in [0.25, 0.3) is 0 Å². The largest absolute Gasteiger partial charge is 2.00 e. The predicted octanol–water partition coefficient (Wildman–Crippen LogP) is 15.2. The minimum absolute atomic E-state index is 0. The summed E-state index contributed by atoms with van der Waals surface area (Å²) in [5.74, 6) is 0.827. The van der Waals surface area contributed by atoms with Gasteiger partial charge in [-0.1, -0.05) is 171 Å². The summed E-state index contributed by atoms with van der Waals surface area (Å²) < 4.78 is 2.31. The first kappa shape index (κ1) is 42.2. The van der Waals surface area contributed by atoms with Gasteiger partial charge in [0.2, 0.25) is 0 Å². The Labute approximate surface area is 385 Å². The first-order chi connectivity index (χ1) is 29.6. The second-order valence-corrected chi connectivity index (χ2v) is 19.9. The molecule has 0 bridgehead atoms. The van der Waals surface area contributed by atoms with Crippen molar-refractivity contribution in [2.75, 3.05) is 0 Å². The van der Waals surface area contributed by atoms with Crippen molar-refractivity contribution in [3.63, 3.8) is 0 Å². The average molecular weight is 1000 g/mol. The summed E-state index contributed by atoms with van der Waals surface area (Å²) in [6, 6.07) is 56.5. The first-order valence-electron chi connectivity index (χ1n) is 21.8. The third-order valence-corrected chi connectivity index (χ3v) is 12.5. The van der Waals surface area contributed by atoms with Crippen LogP contribution in [0.25, 0.3) is 94.2 Å². The SMILES string of the molecule is CC(C)(C)c1ccc(-n2c(-c3[c-]c(-c4cc(-c5ccccc5)cc5cccnc45)ccc3)nc3c(-c4cc(C(C)(C)C)cc5c4[n-]c4ccc(C(C)(C)C)cc45)cccc32)cc1.[Pt+2]. The number of rotatable bonds is 5. The Kier molecular flexibility index (Phi) is 10.5. The predicted molar refractivity (Wildman–Crippen MR) is 261 cm³/mol. The first-order valence-corrected chi connectivity index (χ1v) is 21.8. The molecule has 0 spiro atoms. The number of fused-ring (bicyclic) bond motifs is 5. The molecule has 0 unspecified atom stereocenters. The number of nitrogens with zero attached hydrogens (tertiary/aromatic N) is 4. The quantitative estimate of drug-likeness (QED) is 0.161. The Morgan fingerprint density at radius 2 is 1.19 bits per heavy atom. The van der Waals surface area contributed by atoms with E-state index < -0.39 is 0 Å². The molecule has 0 amide bonds. The zero-order valence-corrected chi connectivity index (χ0v) is 39.8. The zero-order valence-electron chi connectivity index (χ0n) is 37.5. The van der Waals surface area contributed by atoms with Crippen LogP contribution in [0.3, 0.4) is 0 Å². The molecule has 10 aromatic rings. The monoisotopic (exact) mass is 999 g/mol. The van der Waals surface area contributed by atoms with Gasteiger partial charge in [0.15, 0.2) is 0 Å². The van der Waals surface area contributed by atoms with Crippen molar-refractivity contribution in [2.24, 2.45) is 0 Å². The molecule has 0 aliphatic carbocycles. The number of para-hydroxylation sites is 1. The molecule has 3 heterocycles. The van der Waals surface area contributed by atoms with Gasteiger partial charge < -0.3 is 9.55 Å². The molecule has 0 saturated carbocycles. The van der Waals surface area contributed by atoms with E-state index in [1.807, 2.05) is 12.3 Å². The maximum atomic E-state index is 5.66. The molecule has 63 heavy (non-hydrogen) atoms. The summed E-state index contributed by atoms with van der Waals surface area (Å²) in [4.78, 5) is 15.9. The summed E-state index contributed by atoms with van der Waals surface area (Å²) in [6.45, 7) is 20.5. The van der Waals surface area contributed by atoms with Crippen molar-refractivity contribution in [3.05, 3.63) is 175 Å². The normalized spacial score (nSPS) is 12.4. The summed E-state index contributed by atoms with van der Waals surface area (Å²) in [6.07, 6.45) is 1.87. The molecule has 10 rings (SSSR count). The van der Waals surface area contributed by atoms with Gasteiger partial charge in [0.1, 0.15) is 0 Å². The van der Waals surface area contributed by atoms with Gasteiger partial charge in [0, 0.05) is 23.0 Å². The second kappa shape index (κ2) is 15.6. The van der Waals surface area contributed by atoms with Crippen LogP contribution in [0, 0.1) is 6.07 Å². The molecule has 4 nitrogen and oxygen atoms in total. The van der Waals surface area contributed by atoms with Gasteiger partial charge in [-0.3, -0.25) is 9.97 Å². The molecule has 314 valence electrons. The minimum Gasteiger partial charge on any atom is -0.656 e. The molecular weight excluding hydrogens is 948 g/mol. The molecule has 0 N–H and O–H groups in total. The topological polar surface area (TPSA) is 44.8 Å². The van der Waals surface area contributed by atoms with Crippen LogP contribution >= 0.6 is 0 Å². The summed E-state index contributed by atoms with van der Waals surface area (Å²) in [5, 5.41) is 3.47. The second-order valence-electron chi connectivity index (χ2n) is 19.9. The van der Waals surface area contributed by atoms with Crippen LogP contribution in [0.1, 0.15) is 79.0 Å². The van der Waals surface area contributed by atoms with Crippen LogP contribution in [-0.2, 0) is 37.3 Å². The van der Waals surface area contributed by atoms with Crippen LogP contribution in [0.4, 0.5) is 0 Å². The molecule has 0 atom stereocenters. The molecular formula is C58H52N4Pt. The van der Waals surface area contributed by atoms with Gasteiger partial charge in [-0.25, -0.2) is 0 Å². The van der Waals surface area contributed by atoms with Gasteiger partial charge in [-0.15, -0.1) is 40.9 Å². The van der Waals surface area contributed by atoms with Crippen molar-refractivity contribution >= 4 is 43.7 Å². The van der Waals surface area contributed by atoms with E-state index in [2.05, 4.69) is 212 Å². The van der Waals surface area contributed by atoms with Crippen LogP contribution < -0.4 is 4.98 Å². The fourth-order valence-electron chi connectivity index (χ4n) is 8.86. The van der Waals surface area contributed by atoms with E-state index in [1.54, 1.807) is 0 Å². The van der Waals surface area contributed by atoms with E-state index in [1.165, 1.54) is 27.5 Å². The van der Waals surface area contributed by atoms with Crippen molar-refractivity contribution in [3.8, 4) is 50.5 Å². The number of aromatic nitrogens is 4. The van der Waals surface area contributed by atoms with Crippen molar-refractivity contribution in [2.45, 2.75) is 78.6 Å². The van der Waals surface area contributed by atoms with Crippen molar-refractivity contribution in [1.29, 1.82) is 0 Å². The molecule has 0 aliphatic heterocycles. The zero-order chi connectivity index (χ0) is 43.1. The maximum absolute atomic E-state index is 5.66. The molecule has 0 fully saturated rings. The molecule has 7 aromatic carbocycles. The van der Waals surface area contributed by atoms with E-state index in [9.17, 15) is 0 Å². The number of hydrogen-bond acceptors (Lipinski definition) is 2. The third kappa shape index (κ3) is 7.63. The van der Waals surface area contributed by atoms with Crippen LogP contribution in [0.5, 0.6) is 0 Å². The Hall–Kier alpha value is -6.09. The van der Waals surface area contributed by atoms with Crippen molar-refractivity contribution < 1.29 is 21.1 Å². The fraction of sp³-hybridized carbons (Fsp3) is 0.207. The van der Waals surface area contributed by atoms with Crippen molar-refractivity contribution in [1.82, 2.24) is 19.5 Å². The van der Waals surface area contributed by atoms with Gasteiger partial charge in [-0.05, 0) is 96.1 Å². The van der Waals surface area contributed by atoms with Crippen LogP contribution in [-0.4, -0.2) is 14.5 Å². The molecule has 0 radical (unpaired) electrons. The fourth-order valence-corrected chi connectivity index (χ4v) is 8.86. The third-order valence-electron chi connectivity index (χ3n) is 12.5. The number of benzene rings is 7. The molecule has 0 saturated heterocycles. The van der Waals surface area contributed by atoms with Gasteiger partial charge in [0.05, 0.1) is 16.9 Å². The Balaban J connectivity index is 0.00000504. The van der Waals surface area contributed by atoms with Crippen LogP contribution in [0.15, 0.2) is 152 Å². The minimum atomic E-state index is -0.0897. The van der Waals surface area contributed by atoms with E-state index >= 15 is 0 Å². The summed E-state index contributed by atoms with van der Waals surface area (Å²) >= 11 is 0. The Morgan fingerprint density at radius 3 is 1.92 bits per heavy atom. The smallest absolute Gasteiger partial charge is 0.656 e. The Morgan fingerprint density at radius 1 is 0.508 bits per heavy atom. The molecule has 3 aromatic heterocycles. The van der Waals surface area contributed by atoms with Crippen LogP contribution in [0.2, 0.25) is 0 Å². The average Bonchev–Trinajstić information content (AvgIpc) is 3.84. The standard InChI is InChI=1S/C58H52N4.Pt/c1-56(2,3)41-23-26-44(27-24-41)62-51-22-14-21-45(48-34-43(58(7,8)9)35-49-47-33-42(57(4,5)6)25-28-50(47)60-53(48)49)54(51)61-55(62)39-19-13-18-37(30-39)46-32-40(36-16-11-10-12-17-36)31-38-20-15-29-59-52(38)46;/h10-29,31-35H,1-9H3;/q-2;+2. The molecule has 5 heteroatoms. The van der Waals surface area contributed by atoms with E-state index in [0.29, 0.717) is 0 Å². The number of imidazole rings is 1. The summed E-state index contributed by atoms with van der Waals surface area (Å²) in [7, 11) is 0. The van der Waals surface area contributed by atoms with Gasteiger partial charge >= 0.3 is 21.1 Å².